The fraction of sp³-hybridized carbons (Fsp3) is 0.471. The van der Waals surface area contributed by atoms with Crippen LogP contribution in [0.1, 0.15) is 29.0 Å². The lowest BCUT2D eigenvalue weighted by Crippen LogP contribution is -2.41. The molecular weight excluding hydrogens is 325 g/mol. The highest BCUT2D eigenvalue weighted by atomic mass is 19.1. The van der Waals surface area contributed by atoms with Crippen LogP contribution in [-0.4, -0.2) is 65.2 Å². The molecule has 0 bridgehead atoms. The summed E-state index contributed by atoms with van der Waals surface area (Å²) in [4.78, 5) is 14.4. The molecule has 1 saturated heterocycles. The summed E-state index contributed by atoms with van der Waals surface area (Å²) in [5.41, 5.74) is 1.17. The molecule has 8 heteroatoms. The van der Waals surface area contributed by atoms with Crippen LogP contribution in [0.2, 0.25) is 0 Å². The van der Waals surface area contributed by atoms with E-state index in [0.717, 1.165) is 38.4 Å². The second-order valence-electron chi connectivity index (χ2n) is 6.02. The minimum absolute atomic E-state index is 0.136. The first-order valence-electron chi connectivity index (χ1n) is 8.39. The third kappa shape index (κ3) is 4.61. The van der Waals surface area contributed by atoms with Crippen molar-refractivity contribution in [2.24, 2.45) is 0 Å². The molecule has 1 aliphatic heterocycles. The third-order valence-electron chi connectivity index (χ3n) is 4.31. The zero-order valence-electron chi connectivity index (χ0n) is 14.2. The van der Waals surface area contributed by atoms with E-state index < -0.39 is 0 Å². The van der Waals surface area contributed by atoms with E-state index in [1.165, 1.54) is 12.1 Å². The highest BCUT2D eigenvalue weighted by Gasteiger charge is 2.16. The van der Waals surface area contributed by atoms with Crippen LogP contribution in [0.15, 0.2) is 30.5 Å². The number of rotatable bonds is 6. The van der Waals surface area contributed by atoms with Crippen LogP contribution in [0.3, 0.4) is 0 Å². The molecule has 0 radical (unpaired) electrons. The second kappa shape index (κ2) is 8.17. The van der Waals surface area contributed by atoms with E-state index in [1.807, 2.05) is 6.92 Å². The van der Waals surface area contributed by atoms with Crippen LogP contribution in [0.25, 0.3) is 0 Å². The third-order valence-corrected chi connectivity index (χ3v) is 4.31. The molecular formula is C17H22FN5O2. The largest absolute Gasteiger partial charge is 0.379 e. The quantitative estimate of drug-likeness (QED) is 0.847. The predicted octanol–water partition coefficient (Wildman–Crippen LogP) is 1.09. The number of amides is 1. The molecule has 0 aliphatic carbocycles. The number of nitrogens with one attached hydrogen (secondary N) is 1. The normalized spacial score (nSPS) is 16.6. The van der Waals surface area contributed by atoms with E-state index in [1.54, 1.807) is 23.0 Å². The fourth-order valence-corrected chi connectivity index (χ4v) is 2.71. The molecule has 1 aromatic carbocycles. The molecule has 1 amide bonds. The number of aromatic nitrogens is 3. The summed E-state index contributed by atoms with van der Waals surface area (Å²) >= 11 is 0. The Morgan fingerprint density at radius 3 is 2.76 bits per heavy atom. The van der Waals surface area contributed by atoms with Gasteiger partial charge < -0.3 is 10.1 Å². The van der Waals surface area contributed by atoms with Crippen molar-refractivity contribution < 1.29 is 13.9 Å². The van der Waals surface area contributed by atoms with Crippen LogP contribution in [-0.2, 0) is 4.74 Å². The zero-order chi connectivity index (χ0) is 17.6. The van der Waals surface area contributed by atoms with Crippen molar-refractivity contribution in [3.05, 3.63) is 47.5 Å². The molecule has 1 N–H and O–H groups in total. The van der Waals surface area contributed by atoms with Gasteiger partial charge in [-0.3, -0.25) is 9.69 Å². The van der Waals surface area contributed by atoms with Crippen molar-refractivity contribution in [1.29, 1.82) is 0 Å². The Bertz CT molecular complexity index is 697. The highest BCUT2D eigenvalue weighted by molar-refractivity contribution is 5.91. The first-order valence-corrected chi connectivity index (χ1v) is 8.39. The average molecular weight is 347 g/mol. The molecule has 134 valence electrons. The van der Waals surface area contributed by atoms with Gasteiger partial charge in [-0.1, -0.05) is 17.3 Å². The van der Waals surface area contributed by atoms with Crippen molar-refractivity contribution in [3.63, 3.8) is 0 Å². The average Bonchev–Trinajstić information content (AvgIpc) is 3.13. The molecule has 25 heavy (non-hydrogen) atoms. The molecule has 3 rings (SSSR count). The monoisotopic (exact) mass is 347 g/mol. The number of benzene rings is 1. The molecule has 2 aromatic rings. The minimum Gasteiger partial charge on any atom is -0.379 e. The number of ether oxygens (including phenoxy) is 1. The standard InChI is InChI=1S/C17H22FN5O2/c1-13(14-2-4-15(18)5-3-14)23-12-16(20-21-23)17(24)19-6-7-22-8-10-25-11-9-22/h2-5,12-13H,6-11H2,1H3,(H,19,24)/t13-/m0/s1. The van der Waals surface area contributed by atoms with Gasteiger partial charge in [-0.25, -0.2) is 9.07 Å². The maximum absolute atomic E-state index is 13.0. The molecule has 0 unspecified atom stereocenters. The topological polar surface area (TPSA) is 72.3 Å². The van der Waals surface area contributed by atoms with Gasteiger partial charge in [-0.05, 0) is 24.6 Å². The summed E-state index contributed by atoms with van der Waals surface area (Å²) in [6.45, 7) is 6.52. The molecule has 2 heterocycles. The second-order valence-corrected chi connectivity index (χ2v) is 6.02. The summed E-state index contributed by atoms with van der Waals surface area (Å²) in [6, 6.07) is 6.07. The maximum atomic E-state index is 13.0. The van der Waals surface area contributed by atoms with Crippen molar-refractivity contribution in [3.8, 4) is 0 Å². The van der Waals surface area contributed by atoms with Gasteiger partial charge in [0.15, 0.2) is 5.69 Å². The van der Waals surface area contributed by atoms with Crippen LogP contribution < -0.4 is 5.32 Å². The Kier molecular flexibility index (Phi) is 5.72. The summed E-state index contributed by atoms with van der Waals surface area (Å²) < 4.78 is 19.9. The smallest absolute Gasteiger partial charge is 0.273 e. The summed E-state index contributed by atoms with van der Waals surface area (Å²) in [5.74, 6) is -0.527. The Morgan fingerprint density at radius 1 is 1.32 bits per heavy atom. The van der Waals surface area contributed by atoms with Crippen LogP contribution >= 0.6 is 0 Å². The van der Waals surface area contributed by atoms with Crippen molar-refractivity contribution in [2.45, 2.75) is 13.0 Å². The Labute approximate surface area is 145 Å². The van der Waals surface area contributed by atoms with E-state index in [9.17, 15) is 9.18 Å². The first kappa shape index (κ1) is 17.5. The minimum atomic E-state index is -0.283. The van der Waals surface area contributed by atoms with Crippen molar-refractivity contribution in [2.75, 3.05) is 39.4 Å². The SMILES string of the molecule is C[C@@H](c1ccc(F)cc1)n1cc(C(=O)NCCN2CCOCC2)nn1. The van der Waals surface area contributed by atoms with E-state index in [4.69, 9.17) is 4.74 Å². The maximum Gasteiger partial charge on any atom is 0.273 e. The number of carbonyl (C=O) groups is 1. The van der Waals surface area contributed by atoms with Crippen LogP contribution in [0.5, 0.6) is 0 Å². The van der Waals surface area contributed by atoms with Gasteiger partial charge in [-0.15, -0.1) is 5.10 Å². The van der Waals surface area contributed by atoms with E-state index in [2.05, 4.69) is 20.5 Å². The molecule has 0 spiro atoms. The Hall–Kier alpha value is -2.32. The van der Waals surface area contributed by atoms with Gasteiger partial charge >= 0.3 is 0 Å². The molecule has 7 nitrogen and oxygen atoms in total. The summed E-state index contributed by atoms with van der Waals surface area (Å²) in [5, 5.41) is 10.8. The number of halogens is 1. The lowest BCUT2D eigenvalue weighted by molar-refractivity contribution is 0.0383. The van der Waals surface area contributed by atoms with E-state index in [0.29, 0.717) is 6.54 Å². The van der Waals surface area contributed by atoms with Gasteiger partial charge in [0, 0.05) is 26.2 Å². The molecule has 1 aromatic heterocycles. The lowest BCUT2D eigenvalue weighted by Gasteiger charge is -2.26. The number of hydrogen-bond donors (Lipinski definition) is 1. The molecule has 1 fully saturated rings. The van der Waals surface area contributed by atoms with Crippen molar-refractivity contribution >= 4 is 5.91 Å². The number of carbonyl (C=O) groups excluding carboxylic acids is 1. The van der Waals surface area contributed by atoms with Gasteiger partial charge in [0.25, 0.3) is 5.91 Å². The number of morpholine rings is 1. The van der Waals surface area contributed by atoms with E-state index in [-0.39, 0.29) is 23.5 Å². The van der Waals surface area contributed by atoms with Gasteiger partial charge in [0.1, 0.15) is 5.82 Å². The number of hydrogen-bond acceptors (Lipinski definition) is 5. The van der Waals surface area contributed by atoms with Crippen molar-refractivity contribution in [1.82, 2.24) is 25.2 Å². The highest BCUT2D eigenvalue weighted by Crippen LogP contribution is 2.17. The zero-order valence-corrected chi connectivity index (χ0v) is 14.2. The van der Waals surface area contributed by atoms with E-state index >= 15 is 0 Å². The van der Waals surface area contributed by atoms with Gasteiger partial charge in [-0.2, -0.15) is 0 Å². The summed E-state index contributed by atoms with van der Waals surface area (Å²) in [7, 11) is 0. The van der Waals surface area contributed by atoms with Gasteiger partial charge in [0.2, 0.25) is 0 Å². The van der Waals surface area contributed by atoms with Gasteiger partial charge in [0.05, 0.1) is 25.5 Å². The lowest BCUT2D eigenvalue weighted by atomic mass is 10.1. The Balaban J connectivity index is 1.53. The number of nitrogens with zero attached hydrogens (tertiary/aromatic N) is 4. The van der Waals surface area contributed by atoms with Crippen LogP contribution in [0, 0.1) is 5.82 Å². The Morgan fingerprint density at radius 2 is 2.04 bits per heavy atom. The molecule has 1 aliphatic rings. The summed E-state index contributed by atoms with van der Waals surface area (Å²) in [6.07, 6.45) is 1.61. The molecule has 0 saturated carbocycles. The first-order chi connectivity index (χ1) is 12.1. The van der Waals surface area contributed by atoms with Crippen LogP contribution in [0.4, 0.5) is 4.39 Å². The fourth-order valence-electron chi connectivity index (χ4n) is 2.71. The predicted molar refractivity (Wildman–Crippen MR) is 89.8 cm³/mol. The molecule has 1 atom stereocenters.